The zero-order chi connectivity index (χ0) is 30.2. The van der Waals surface area contributed by atoms with E-state index >= 15 is 0 Å². The van der Waals surface area contributed by atoms with Gasteiger partial charge in [0.15, 0.2) is 0 Å². The van der Waals surface area contributed by atoms with E-state index in [0.29, 0.717) is 23.5 Å². The molecule has 3 aromatic carbocycles. The van der Waals surface area contributed by atoms with Crippen LogP contribution in [0, 0.1) is 20.8 Å². The lowest BCUT2D eigenvalue weighted by molar-refractivity contribution is -0.139. The Morgan fingerprint density at radius 3 is 2.29 bits per heavy atom. The van der Waals surface area contributed by atoms with Gasteiger partial charge in [0.25, 0.3) is 10.0 Å². The minimum atomic E-state index is -4.12. The third-order valence-corrected chi connectivity index (χ3v) is 8.78. The minimum Gasteiger partial charge on any atom is -0.497 e. The topological polar surface area (TPSA) is 96.0 Å². The fourth-order valence-electron chi connectivity index (χ4n) is 4.43. The van der Waals surface area contributed by atoms with Gasteiger partial charge in [0.1, 0.15) is 18.3 Å². The number of benzene rings is 3. The Morgan fingerprint density at radius 1 is 0.951 bits per heavy atom. The zero-order valence-electron chi connectivity index (χ0n) is 24.8. The first-order valence-corrected chi connectivity index (χ1v) is 15.3. The summed E-state index contributed by atoms with van der Waals surface area (Å²) in [6, 6.07) is 18.5. The normalized spacial score (nSPS) is 12.0. The molecule has 0 aromatic heterocycles. The molecule has 9 heteroatoms. The molecule has 0 spiro atoms. The summed E-state index contributed by atoms with van der Waals surface area (Å²) in [7, 11) is -2.56. The van der Waals surface area contributed by atoms with Gasteiger partial charge in [-0.05, 0) is 81.1 Å². The molecule has 2 amide bonds. The molecule has 0 fully saturated rings. The second-order valence-electron chi connectivity index (χ2n) is 10.3. The van der Waals surface area contributed by atoms with Gasteiger partial charge in [0.2, 0.25) is 11.8 Å². The van der Waals surface area contributed by atoms with Crippen molar-refractivity contribution in [1.29, 1.82) is 0 Å². The maximum Gasteiger partial charge on any atom is 0.264 e. The van der Waals surface area contributed by atoms with Crippen molar-refractivity contribution in [2.75, 3.05) is 24.5 Å². The van der Waals surface area contributed by atoms with Crippen LogP contribution in [0.15, 0.2) is 71.6 Å². The van der Waals surface area contributed by atoms with Crippen molar-refractivity contribution in [3.63, 3.8) is 0 Å². The number of methoxy groups -OCH3 is 1. The Labute approximate surface area is 244 Å². The van der Waals surface area contributed by atoms with Crippen molar-refractivity contribution in [2.45, 2.75) is 64.9 Å². The summed E-state index contributed by atoms with van der Waals surface area (Å²) in [5.41, 5.74) is 3.67. The Bertz CT molecular complexity index is 1450. The van der Waals surface area contributed by atoms with Gasteiger partial charge in [-0.25, -0.2) is 8.42 Å². The zero-order valence-corrected chi connectivity index (χ0v) is 25.6. The number of amides is 2. The number of anilines is 1. The van der Waals surface area contributed by atoms with E-state index in [0.717, 1.165) is 33.8 Å². The highest BCUT2D eigenvalue weighted by Crippen LogP contribution is 2.29. The van der Waals surface area contributed by atoms with Gasteiger partial charge >= 0.3 is 0 Å². The second-order valence-corrected chi connectivity index (χ2v) is 12.2. The monoisotopic (exact) mass is 579 g/mol. The van der Waals surface area contributed by atoms with Gasteiger partial charge in [0, 0.05) is 13.1 Å². The number of nitrogens with zero attached hydrogens (tertiary/aromatic N) is 2. The van der Waals surface area contributed by atoms with Gasteiger partial charge in [-0.1, -0.05) is 55.3 Å². The third kappa shape index (κ3) is 8.10. The van der Waals surface area contributed by atoms with Crippen LogP contribution in [-0.4, -0.2) is 51.4 Å². The maximum absolute atomic E-state index is 14.1. The molecule has 3 rings (SSSR count). The number of hydrogen-bond acceptors (Lipinski definition) is 5. The van der Waals surface area contributed by atoms with Gasteiger partial charge in [-0.3, -0.25) is 13.9 Å². The molecule has 8 nitrogen and oxygen atoms in total. The average Bonchev–Trinajstić information content (AvgIpc) is 2.95. The minimum absolute atomic E-state index is 0.0847. The van der Waals surface area contributed by atoms with Crippen molar-refractivity contribution < 1.29 is 22.7 Å². The van der Waals surface area contributed by atoms with Crippen LogP contribution in [0.25, 0.3) is 0 Å². The SMILES string of the molecule is CCCCNC(=O)C(C)N(Cc1cccc(OC)c1)C(=O)CN(c1cc(C)ccc1C)S(=O)(=O)c1ccc(C)cc1. The van der Waals surface area contributed by atoms with Crippen molar-refractivity contribution in [1.82, 2.24) is 10.2 Å². The van der Waals surface area contributed by atoms with Crippen LogP contribution in [0.2, 0.25) is 0 Å². The summed E-state index contributed by atoms with van der Waals surface area (Å²) < 4.78 is 34.6. The van der Waals surface area contributed by atoms with E-state index in [1.54, 1.807) is 56.5 Å². The number of rotatable bonds is 13. The first kappa shape index (κ1) is 31.7. The predicted molar refractivity (Wildman–Crippen MR) is 163 cm³/mol. The average molecular weight is 580 g/mol. The van der Waals surface area contributed by atoms with Crippen LogP contribution in [0.3, 0.4) is 0 Å². The van der Waals surface area contributed by atoms with Gasteiger partial charge < -0.3 is 15.0 Å². The van der Waals surface area contributed by atoms with E-state index in [1.165, 1.54) is 4.90 Å². The van der Waals surface area contributed by atoms with Crippen molar-refractivity contribution >= 4 is 27.5 Å². The van der Waals surface area contributed by atoms with E-state index in [4.69, 9.17) is 4.74 Å². The molecule has 3 aromatic rings. The maximum atomic E-state index is 14.1. The number of hydrogen-bond donors (Lipinski definition) is 1. The summed E-state index contributed by atoms with van der Waals surface area (Å²) in [5.74, 6) is -0.175. The number of sulfonamides is 1. The summed E-state index contributed by atoms with van der Waals surface area (Å²) >= 11 is 0. The van der Waals surface area contributed by atoms with Gasteiger partial charge in [0.05, 0.1) is 17.7 Å². The number of ether oxygens (including phenoxy) is 1. The van der Waals surface area contributed by atoms with Gasteiger partial charge in [-0.2, -0.15) is 0 Å². The van der Waals surface area contributed by atoms with Crippen LogP contribution in [0.4, 0.5) is 5.69 Å². The molecular formula is C32H41N3O5S. The molecule has 0 radical (unpaired) electrons. The van der Waals surface area contributed by atoms with Crippen molar-refractivity contribution in [3.8, 4) is 5.75 Å². The van der Waals surface area contributed by atoms with Crippen LogP contribution < -0.4 is 14.4 Å². The highest BCUT2D eigenvalue weighted by molar-refractivity contribution is 7.92. The Morgan fingerprint density at radius 2 is 1.63 bits per heavy atom. The summed E-state index contributed by atoms with van der Waals surface area (Å²) in [6.45, 7) is 9.39. The number of aryl methyl sites for hydroxylation is 3. The fourth-order valence-corrected chi connectivity index (χ4v) is 5.90. The molecule has 0 saturated heterocycles. The molecule has 220 valence electrons. The van der Waals surface area contributed by atoms with E-state index in [1.807, 2.05) is 52.0 Å². The molecule has 0 saturated carbocycles. The lowest BCUT2D eigenvalue weighted by Gasteiger charge is -2.32. The first-order valence-electron chi connectivity index (χ1n) is 13.8. The molecule has 41 heavy (non-hydrogen) atoms. The largest absolute Gasteiger partial charge is 0.497 e. The second kappa shape index (κ2) is 14.2. The van der Waals surface area contributed by atoms with Crippen molar-refractivity contribution in [3.05, 3.63) is 89.0 Å². The van der Waals surface area contributed by atoms with Crippen LogP contribution in [-0.2, 0) is 26.2 Å². The van der Waals surface area contributed by atoms with E-state index in [-0.39, 0.29) is 17.3 Å². The predicted octanol–water partition coefficient (Wildman–Crippen LogP) is 5.15. The number of nitrogens with one attached hydrogen (secondary N) is 1. The Balaban J connectivity index is 2.05. The lowest BCUT2D eigenvalue weighted by Crippen LogP contribution is -2.51. The molecule has 1 atom stereocenters. The third-order valence-electron chi connectivity index (χ3n) is 7.01. The molecular weight excluding hydrogens is 538 g/mol. The highest BCUT2D eigenvalue weighted by Gasteiger charge is 2.33. The summed E-state index contributed by atoms with van der Waals surface area (Å²) in [4.78, 5) is 28.7. The van der Waals surface area contributed by atoms with Crippen LogP contribution >= 0.6 is 0 Å². The Hall–Kier alpha value is -3.85. The number of unbranched alkanes of at least 4 members (excludes halogenated alkanes) is 1. The van der Waals surface area contributed by atoms with Crippen LogP contribution in [0.1, 0.15) is 48.9 Å². The molecule has 0 heterocycles. The number of carbonyl (C=O) groups excluding carboxylic acids is 2. The molecule has 0 aliphatic heterocycles. The summed E-state index contributed by atoms with van der Waals surface area (Å²) in [5, 5.41) is 2.90. The molecule has 0 aliphatic carbocycles. The summed E-state index contributed by atoms with van der Waals surface area (Å²) in [6.07, 6.45) is 1.74. The van der Waals surface area contributed by atoms with E-state index < -0.39 is 28.5 Å². The number of carbonyl (C=O) groups is 2. The first-order chi connectivity index (χ1) is 19.5. The Kier molecular flexibility index (Phi) is 10.9. The fraction of sp³-hybridized carbons (Fsp3) is 0.375. The highest BCUT2D eigenvalue weighted by atomic mass is 32.2. The van der Waals surface area contributed by atoms with Gasteiger partial charge in [-0.15, -0.1) is 0 Å². The molecule has 0 aliphatic rings. The quantitative estimate of drug-likeness (QED) is 0.283. The van der Waals surface area contributed by atoms with E-state index in [9.17, 15) is 18.0 Å². The van der Waals surface area contributed by atoms with E-state index in [2.05, 4.69) is 5.32 Å². The molecule has 1 unspecified atom stereocenters. The lowest BCUT2D eigenvalue weighted by atomic mass is 10.1. The molecule has 0 bridgehead atoms. The van der Waals surface area contributed by atoms with Crippen LogP contribution in [0.5, 0.6) is 5.75 Å². The van der Waals surface area contributed by atoms with Crippen molar-refractivity contribution in [2.24, 2.45) is 0 Å². The standard InChI is InChI=1S/C32H41N3O5S/c1-7-8-18-33-32(37)26(5)34(21-27-10-9-11-28(20-27)40-6)31(36)22-35(30-19-24(3)12-15-25(30)4)41(38,39)29-16-13-23(2)14-17-29/h9-17,19-20,26H,7-8,18,21-22H2,1-6H3,(H,33,37). The molecule has 1 N–H and O–H groups in total. The smallest absolute Gasteiger partial charge is 0.264 e.